The van der Waals surface area contributed by atoms with Crippen LogP contribution < -0.4 is 4.74 Å². The number of aliphatic hydroxyl groups is 1. The maximum Gasteiger partial charge on any atom is 0.205 e. The molecule has 1 aromatic rings. The molecule has 0 aliphatic carbocycles. The minimum Gasteiger partial charge on any atom is -0.484 e. The third-order valence-corrected chi connectivity index (χ3v) is 6.28. The Morgan fingerprint density at radius 1 is 1.16 bits per heavy atom. The molecule has 0 bridgehead atoms. The van der Waals surface area contributed by atoms with Crippen LogP contribution in [0.4, 0.5) is 0 Å². The lowest BCUT2D eigenvalue weighted by Gasteiger charge is -2.45. The highest BCUT2D eigenvalue weighted by molar-refractivity contribution is 6.48. The van der Waals surface area contributed by atoms with Gasteiger partial charge in [0.15, 0.2) is 0 Å². The Labute approximate surface area is 155 Å². The number of benzene rings is 1. The third kappa shape index (κ3) is 3.81. The van der Waals surface area contributed by atoms with E-state index < -0.39 is 14.6 Å². The number of hydrogen-bond donors (Lipinski definition) is 1. The van der Waals surface area contributed by atoms with E-state index in [-0.39, 0.29) is 18.1 Å². The van der Waals surface area contributed by atoms with Crippen molar-refractivity contribution in [2.24, 2.45) is 0 Å². The van der Waals surface area contributed by atoms with Gasteiger partial charge in [0, 0.05) is 25.0 Å². The molecular weight excluding hydrogens is 328 g/mol. The molecule has 4 heteroatoms. The molecule has 0 fully saturated rings. The molecule has 25 heavy (non-hydrogen) atoms. The molecule has 2 rings (SSSR count). The second kappa shape index (κ2) is 7.05. The summed E-state index contributed by atoms with van der Waals surface area (Å²) in [6.07, 6.45) is 1.44. The molecule has 1 aliphatic rings. The SMILES string of the molecule is Cc1c(C)c(C(C)(C)C)c(C)c2c1OC(C)(CCO)C(O[Si](C)C)C2. The highest BCUT2D eigenvalue weighted by Gasteiger charge is 2.43. The van der Waals surface area contributed by atoms with Crippen LogP contribution in [0.25, 0.3) is 0 Å². The smallest absolute Gasteiger partial charge is 0.205 e. The van der Waals surface area contributed by atoms with Crippen molar-refractivity contribution in [2.75, 3.05) is 6.61 Å². The summed E-state index contributed by atoms with van der Waals surface area (Å²) in [6, 6.07) is 0. The topological polar surface area (TPSA) is 38.7 Å². The van der Waals surface area contributed by atoms with Crippen molar-refractivity contribution in [2.45, 2.75) is 91.5 Å². The van der Waals surface area contributed by atoms with Crippen LogP contribution in [0.3, 0.4) is 0 Å². The lowest BCUT2D eigenvalue weighted by Crippen LogP contribution is -2.52. The molecule has 2 unspecified atom stereocenters. The monoisotopic (exact) mass is 363 g/mol. The van der Waals surface area contributed by atoms with Crippen LogP contribution in [0.15, 0.2) is 0 Å². The summed E-state index contributed by atoms with van der Waals surface area (Å²) in [7, 11) is -0.854. The van der Waals surface area contributed by atoms with Crippen molar-refractivity contribution in [3.63, 3.8) is 0 Å². The third-order valence-electron chi connectivity index (χ3n) is 5.52. The fourth-order valence-corrected chi connectivity index (χ4v) is 5.18. The van der Waals surface area contributed by atoms with Crippen molar-refractivity contribution in [3.8, 4) is 5.75 Å². The Morgan fingerprint density at radius 2 is 1.76 bits per heavy atom. The van der Waals surface area contributed by atoms with Gasteiger partial charge in [-0.1, -0.05) is 20.8 Å². The molecule has 1 heterocycles. The standard InChI is InChI=1S/C21H35O3Si/c1-13-14(2)19-16(15(3)18(13)20(4,5)6)12-17(24-25(8)9)21(7,23-19)10-11-22/h17,22H,10-12H2,1-9H3. The van der Waals surface area contributed by atoms with Crippen molar-refractivity contribution in [1.29, 1.82) is 0 Å². The van der Waals surface area contributed by atoms with Gasteiger partial charge in [-0.2, -0.15) is 0 Å². The lowest BCUT2D eigenvalue weighted by atomic mass is 9.75. The fourth-order valence-electron chi connectivity index (χ4n) is 4.28. The summed E-state index contributed by atoms with van der Waals surface area (Å²) in [4.78, 5) is 0. The van der Waals surface area contributed by atoms with Crippen LogP contribution in [0, 0.1) is 20.8 Å². The molecule has 141 valence electrons. The Kier molecular flexibility index (Phi) is 5.77. The first-order chi connectivity index (χ1) is 11.4. The molecular formula is C21H35O3Si. The molecule has 1 radical (unpaired) electrons. The highest BCUT2D eigenvalue weighted by atomic mass is 28.3. The zero-order chi connectivity index (χ0) is 19.2. The van der Waals surface area contributed by atoms with E-state index in [0.717, 1.165) is 12.2 Å². The van der Waals surface area contributed by atoms with Gasteiger partial charge >= 0.3 is 0 Å². The van der Waals surface area contributed by atoms with Gasteiger partial charge in [0.05, 0.1) is 6.10 Å². The Balaban J connectivity index is 2.64. The predicted octanol–water partition coefficient (Wildman–Crippen LogP) is 4.62. The first kappa shape index (κ1) is 20.5. The zero-order valence-corrected chi connectivity index (χ0v) is 18.5. The molecule has 0 saturated heterocycles. The molecule has 0 spiro atoms. The van der Waals surface area contributed by atoms with Gasteiger partial charge in [-0.15, -0.1) is 0 Å². The molecule has 1 aliphatic heterocycles. The van der Waals surface area contributed by atoms with Crippen molar-refractivity contribution < 1.29 is 14.3 Å². The number of ether oxygens (including phenoxy) is 1. The van der Waals surface area contributed by atoms with Gasteiger partial charge in [0.2, 0.25) is 9.04 Å². The fraction of sp³-hybridized carbons (Fsp3) is 0.714. The van der Waals surface area contributed by atoms with Gasteiger partial charge in [0.25, 0.3) is 0 Å². The number of aliphatic hydroxyl groups excluding tert-OH is 1. The molecule has 3 nitrogen and oxygen atoms in total. The largest absolute Gasteiger partial charge is 0.484 e. The molecule has 1 N–H and O–H groups in total. The Bertz CT molecular complexity index is 646. The highest BCUT2D eigenvalue weighted by Crippen LogP contribution is 2.45. The van der Waals surface area contributed by atoms with Gasteiger partial charge in [-0.25, -0.2) is 0 Å². The molecule has 0 amide bonds. The van der Waals surface area contributed by atoms with E-state index in [4.69, 9.17) is 9.16 Å². The summed E-state index contributed by atoms with van der Waals surface area (Å²) in [6.45, 7) is 20.0. The summed E-state index contributed by atoms with van der Waals surface area (Å²) in [5.74, 6) is 1.01. The summed E-state index contributed by atoms with van der Waals surface area (Å²) in [5, 5.41) is 9.59. The van der Waals surface area contributed by atoms with Crippen LogP contribution in [-0.2, 0) is 16.3 Å². The molecule has 0 saturated carbocycles. The van der Waals surface area contributed by atoms with E-state index in [2.05, 4.69) is 61.6 Å². The quantitative estimate of drug-likeness (QED) is 0.793. The first-order valence-corrected chi connectivity index (χ1v) is 11.7. The van der Waals surface area contributed by atoms with Gasteiger partial charge in [0.1, 0.15) is 11.4 Å². The van der Waals surface area contributed by atoms with Crippen LogP contribution >= 0.6 is 0 Å². The van der Waals surface area contributed by atoms with Crippen LogP contribution in [-0.4, -0.2) is 32.5 Å². The summed E-state index contributed by atoms with van der Waals surface area (Å²) < 4.78 is 12.9. The number of rotatable bonds is 4. The van der Waals surface area contributed by atoms with Crippen LogP contribution in [0.5, 0.6) is 5.75 Å². The van der Waals surface area contributed by atoms with Gasteiger partial charge < -0.3 is 14.3 Å². The second-order valence-corrected chi connectivity index (χ2v) is 11.0. The van der Waals surface area contributed by atoms with Crippen molar-refractivity contribution in [3.05, 3.63) is 27.8 Å². The van der Waals surface area contributed by atoms with E-state index in [1.54, 1.807) is 0 Å². The van der Waals surface area contributed by atoms with E-state index in [1.807, 2.05) is 0 Å². The average molecular weight is 364 g/mol. The summed E-state index contributed by atoms with van der Waals surface area (Å²) in [5.41, 5.74) is 6.23. The average Bonchev–Trinajstić information content (AvgIpc) is 2.45. The van der Waals surface area contributed by atoms with E-state index in [9.17, 15) is 5.11 Å². The summed E-state index contributed by atoms with van der Waals surface area (Å²) >= 11 is 0. The maximum atomic E-state index is 9.59. The van der Waals surface area contributed by atoms with E-state index >= 15 is 0 Å². The molecule has 1 aromatic carbocycles. The van der Waals surface area contributed by atoms with Crippen LogP contribution in [0.1, 0.15) is 61.9 Å². The van der Waals surface area contributed by atoms with Crippen LogP contribution in [0.2, 0.25) is 13.1 Å². The van der Waals surface area contributed by atoms with Crippen molar-refractivity contribution >= 4 is 9.04 Å². The second-order valence-electron chi connectivity index (χ2n) is 8.91. The number of hydrogen-bond acceptors (Lipinski definition) is 3. The number of fused-ring (bicyclic) bond motifs is 1. The Morgan fingerprint density at radius 3 is 2.24 bits per heavy atom. The molecule has 0 aromatic heterocycles. The maximum absolute atomic E-state index is 9.59. The minimum absolute atomic E-state index is 0.00957. The lowest BCUT2D eigenvalue weighted by molar-refractivity contribution is -0.0557. The normalized spacial score (nSPS) is 23.6. The van der Waals surface area contributed by atoms with Crippen molar-refractivity contribution in [1.82, 2.24) is 0 Å². The Hall–Kier alpha value is -0.843. The predicted molar refractivity (Wildman–Crippen MR) is 106 cm³/mol. The minimum atomic E-state index is -0.854. The van der Waals surface area contributed by atoms with Gasteiger partial charge in [-0.3, -0.25) is 0 Å². The van der Waals surface area contributed by atoms with Gasteiger partial charge in [-0.05, 0) is 68.5 Å². The van der Waals surface area contributed by atoms with E-state index in [0.29, 0.717) is 6.42 Å². The first-order valence-electron chi connectivity index (χ1n) is 9.32. The zero-order valence-electron chi connectivity index (χ0n) is 17.5. The van der Waals surface area contributed by atoms with E-state index in [1.165, 1.54) is 27.8 Å². The molecule has 2 atom stereocenters.